The summed E-state index contributed by atoms with van der Waals surface area (Å²) in [6, 6.07) is 5.76. The highest BCUT2D eigenvalue weighted by atomic mass is 16.1. The molecule has 0 saturated carbocycles. The second-order valence-corrected chi connectivity index (χ2v) is 4.62. The monoisotopic (exact) mass is 245 g/mol. The van der Waals surface area contributed by atoms with Gasteiger partial charge in [-0.25, -0.2) is 4.68 Å². The van der Waals surface area contributed by atoms with Crippen molar-refractivity contribution in [3.05, 3.63) is 46.6 Å². The lowest BCUT2D eigenvalue weighted by molar-refractivity contribution is 0.0889. The molecule has 0 aromatic carbocycles. The third kappa shape index (κ3) is 2.06. The summed E-state index contributed by atoms with van der Waals surface area (Å²) in [6.45, 7) is 2.74. The molecule has 2 aromatic rings. The standard InChI is InChI=1S/C12H15N5O/c1-15-12(18)4-3-10(14-15)7-16-8-11(9-16)17-6-2-5-13-17/h2-6,11H,7-9H2,1H3. The molecule has 0 radical (unpaired) electrons. The molecule has 3 heterocycles. The average molecular weight is 245 g/mol. The van der Waals surface area contributed by atoms with E-state index in [1.807, 2.05) is 16.9 Å². The van der Waals surface area contributed by atoms with Crippen molar-refractivity contribution in [3.8, 4) is 0 Å². The van der Waals surface area contributed by atoms with E-state index in [2.05, 4.69) is 15.1 Å². The Morgan fingerprint density at radius 1 is 1.39 bits per heavy atom. The van der Waals surface area contributed by atoms with Crippen LogP contribution in [0.1, 0.15) is 11.7 Å². The summed E-state index contributed by atoms with van der Waals surface area (Å²) in [5.41, 5.74) is 0.854. The highest BCUT2D eigenvalue weighted by molar-refractivity contribution is 5.02. The van der Waals surface area contributed by atoms with E-state index in [1.165, 1.54) is 4.68 Å². The maximum atomic E-state index is 11.2. The predicted molar refractivity (Wildman–Crippen MR) is 66.0 cm³/mol. The number of nitrogens with zero attached hydrogens (tertiary/aromatic N) is 5. The normalized spacial score (nSPS) is 16.7. The van der Waals surface area contributed by atoms with Gasteiger partial charge in [0.25, 0.3) is 5.56 Å². The molecule has 0 unspecified atom stereocenters. The first-order valence-corrected chi connectivity index (χ1v) is 5.97. The van der Waals surface area contributed by atoms with E-state index in [1.54, 1.807) is 25.4 Å². The van der Waals surface area contributed by atoms with Gasteiger partial charge < -0.3 is 0 Å². The molecule has 0 N–H and O–H groups in total. The third-order valence-corrected chi connectivity index (χ3v) is 3.24. The van der Waals surface area contributed by atoms with Crippen LogP contribution in [0, 0.1) is 0 Å². The van der Waals surface area contributed by atoms with Gasteiger partial charge in [-0.05, 0) is 12.1 Å². The fourth-order valence-corrected chi connectivity index (χ4v) is 2.20. The van der Waals surface area contributed by atoms with E-state index in [-0.39, 0.29) is 5.56 Å². The van der Waals surface area contributed by atoms with Crippen molar-refractivity contribution in [1.82, 2.24) is 24.5 Å². The first kappa shape index (κ1) is 11.2. The minimum Gasteiger partial charge on any atom is -0.293 e. The van der Waals surface area contributed by atoms with Crippen LogP contribution in [0.2, 0.25) is 0 Å². The molecule has 6 nitrogen and oxygen atoms in total. The van der Waals surface area contributed by atoms with Gasteiger partial charge in [-0.2, -0.15) is 10.2 Å². The van der Waals surface area contributed by atoms with E-state index < -0.39 is 0 Å². The van der Waals surface area contributed by atoms with Gasteiger partial charge in [-0.15, -0.1) is 0 Å². The zero-order chi connectivity index (χ0) is 12.5. The smallest absolute Gasteiger partial charge is 0.266 e. The molecule has 6 heteroatoms. The summed E-state index contributed by atoms with van der Waals surface area (Å²) in [5, 5.41) is 8.46. The Hall–Kier alpha value is -1.95. The maximum Gasteiger partial charge on any atom is 0.266 e. The molecule has 0 aliphatic carbocycles. The third-order valence-electron chi connectivity index (χ3n) is 3.24. The SMILES string of the molecule is Cn1nc(CN2CC(n3cccn3)C2)ccc1=O. The summed E-state index contributed by atoms with van der Waals surface area (Å²) in [4.78, 5) is 13.5. The van der Waals surface area contributed by atoms with Gasteiger partial charge in [0.2, 0.25) is 0 Å². The van der Waals surface area contributed by atoms with Crippen LogP contribution < -0.4 is 5.56 Å². The Morgan fingerprint density at radius 2 is 2.22 bits per heavy atom. The second kappa shape index (κ2) is 4.38. The molecular weight excluding hydrogens is 230 g/mol. The van der Waals surface area contributed by atoms with Crippen molar-refractivity contribution in [3.63, 3.8) is 0 Å². The number of rotatable bonds is 3. The molecule has 1 aliphatic heterocycles. The van der Waals surface area contributed by atoms with Gasteiger partial charge in [0.1, 0.15) is 0 Å². The first-order valence-electron chi connectivity index (χ1n) is 5.97. The lowest BCUT2D eigenvalue weighted by Crippen LogP contribution is -2.47. The van der Waals surface area contributed by atoms with Crippen molar-refractivity contribution in [1.29, 1.82) is 0 Å². The van der Waals surface area contributed by atoms with Crippen LogP contribution in [0.3, 0.4) is 0 Å². The molecular formula is C12H15N5O. The van der Waals surface area contributed by atoms with Gasteiger partial charge in [-0.1, -0.05) is 0 Å². The average Bonchev–Trinajstić information content (AvgIpc) is 2.81. The van der Waals surface area contributed by atoms with Gasteiger partial charge in [0.05, 0.1) is 11.7 Å². The van der Waals surface area contributed by atoms with Crippen molar-refractivity contribution < 1.29 is 0 Å². The summed E-state index contributed by atoms with van der Waals surface area (Å²) < 4.78 is 3.37. The molecule has 0 amide bonds. The van der Waals surface area contributed by atoms with E-state index in [4.69, 9.17) is 0 Å². The summed E-state index contributed by atoms with van der Waals surface area (Å²) >= 11 is 0. The molecule has 18 heavy (non-hydrogen) atoms. The number of hydrogen-bond acceptors (Lipinski definition) is 4. The first-order chi connectivity index (χ1) is 8.72. The fraction of sp³-hybridized carbons (Fsp3) is 0.417. The van der Waals surface area contributed by atoms with E-state index in [9.17, 15) is 4.79 Å². The Labute approximate surface area is 104 Å². The Kier molecular flexibility index (Phi) is 2.71. The predicted octanol–water partition coefficient (Wildman–Crippen LogP) is 0.0337. The maximum absolute atomic E-state index is 11.2. The zero-order valence-corrected chi connectivity index (χ0v) is 10.2. The van der Waals surface area contributed by atoms with Crippen molar-refractivity contribution in [2.75, 3.05) is 13.1 Å². The molecule has 1 saturated heterocycles. The quantitative estimate of drug-likeness (QED) is 0.766. The molecule has 94 valence electrons. The lowest BCUT2D eigenvalue weighted by atomic mass is 10.1. The minimum absolute atomic E-state index is 0.0724. The highest BCUT2D eigenvalue weighted by Gasteiger charge is 2.28. The number of hydrogen-bond donors (Lipinski definition) is 0. The Morgan fingerprint density at radius 3 is 2.89 bits per heavy atom. The van der Waals surface area contributed by atoms with Crippen LogP contribution in [0.5, 0.6) is 0 Å². The van der Waals surface area contributed by atoms with E-state index >= 15 is 0 Å². The summed E-state index contributed by atoms with van der Waals surface area (Å²) in [6.07, 6.45) is 3.80. The number of aromatic nitrogens is 4. The molecule has 1 aliphatic rings. The van der Waals surface area contributed by atoms with Crippen molar-refractivity contribution in [2.24, 2.45) is 7.05 Å². The second-order valence-electron chi connectivity index (χ2n) is 4.62. The molecule has 0 atom stereocenters. The van der Waals surface area contributed by atoms with Crippen LogP contribution in [0.4, 0.5) is 0 Å². The van der Waals surface area contributed by atoms with Crippen LogP contribution in [-0.4, -0.2) is 37.6 Å². The number of likely N-dealkylation sites (tertiary alicyclic amines) is 1. The number of aryl methyl sites for hydroxylation is 1. The van der Waals surface area contributed by atoms with E-state index in [0.717, 1.165) is 25.3 Å². The highest BCUT2D eigenvalue weighted by Crippen LogP contribution is 2.21. The van der Waals surface area contributed by atoms with Gasteiger partial charge >= 0.3 is 0 Å². The largest absolute Gasteiger partial charge is 0.293 e. The van der Waals surface area contributed by atoms with Crippen LogP contribution in [0.25, 0.3) is 0 Å². The van der Waals surface area contributed by atoms with Crippen LogP contribution in [-0.2, 0) is 13.6 Å². The molecule has 3 rings (SSSR count). The zero-order valence-electron chi connectivity index (χ0n) is 10.2. The van der Waals surface area contributed by atoms with Crippen molar-refractivity contribution in [2.45, 2.75) is 12.6 Å². The fourth-order valence-electron chi connectivity index (χ4n) is 2.20. The molecule has 0 bridgehead atoms. The van der Waals surface area contributed by atoms with Gasteiger partial charge in [-0.3, -0.25) is 14.4 Å². The Balaban J connectivity index is 1.59. The topological polar surface area (TPSA) is 56.0 Å². The van der Waals surface area contributed by atoms with Crippen LogP contribution in [0.15, 0.2) is 35.4 Å². The summed E-state index contributed by atoms with van der Waals surface area (Å²) in [7, 11) is 1.68. The summed E-state index contributed by atoms with van der Waals surface area (Å²) in [5.74, 6) is 0. The molecule has 0 spiro atoms. The van der Waals surface area contributed by atoms with Crippen molar-refractivity contribution >= 4 is 0 Å². The van der Waals surface area contributed by atoms with Gasteiger partial charge in [0, 0.05) is 45.1 Å². The van der Waals surface area contributed by atoms with E-state index in [0.29, 0.717) is 6.04 Å². The lowest BCUT2D eigenvalue weighted by Gasteiger charge is -2.38. The Bertz CT molecular complexity index is 583. The molecule has 2 aromatic heterocycles. The molecule has 1 fully saturated rings. The van der Waals surface area contributed by atoms with Gasteiger partial charge in [0.15, 0.2) is 0 Å². The minimum atomic E-state index is -0.0724. The van der Waals surface area contributed by atoms with Crippen LogP contribution >= 0.6 is 0 Å².